The second-order valence-corrected chi connectivity index (χ2v) is 8.04. The van der Waals surface area contributed by atoms with Gasteiger partial charge in [-0.2, -0.15) is 0 Å². The van der Waals surface area contributed by atoms with E-state index in [1.807, 2.05) is 6.08 Å². The Morgan fingerprint density at radius 3 is 2.42 bits per heavy atom. The number of aryl methyl sites for hydroxylation is 2. The molecule has 0 amide bonds. The molecular formula is C21H29BN2O2. The van der Waals surface area contributed by atoms with Crippen molar-refractivity contribution in [1.82, 2.24) is 9.55 Å². The standard InChI is InChI=1S/C21H29BN2O2/c1-8-9-13-19-23-15(2)16(3)24(19)18-12-10-11-17(14-18)22-25-20(4,5)21(6,7)26-22/h8,10-12,14H,1,9,13H2,2-7H3. The topological polar surface area (TPSA) is 36.3 Å². The molecule has 1 aliphatic rings. The Morgan fingerprint density at radius 2 is 1.81 bits per heavy atom. The molecule has 0 saturated carbocycles. The van der Waals surface area contributed by atoms with Gasteiger partial charge in [0.1, 0.15) is 5.82 Å². The predicted octanol–water partition coefficient (Wildman–Crippen LogP) is 3.91. The molecule has 4 nitrogen and oxygen atoms in total. The fourth-order valence-corrected chi connectivity index (χ4v) is 3.21. The molecule has 2 aromatic rings. The Kier molecular flexibility index (Phi) is 4.89. The molecule has 1 saturated heterocycles. The van der Waals surface area contributed by atoms with Crippen LogP contribution in [-0.4, -0.2) is 27.9 Å². The summed E-state index contributed by atoms with van der Waals surface area (Å²) >= 11 is 0. The molecule has 0 aliphatic carbocycles. The van der Waals surface area contributed by atoms with E-state index >= 15 is 0 Å². The zero-order valence-electron chi connectivity index (χ0n) is 16.8. The van der Waals surface area contributed by atoms with Gasteiger partial charge < -0.3 is 13.9 Å². The van der Waals surface area contributed by atoms with Crippen molar-refractivity contribution in [3.05, 3.63) is 54.1 Å². The van der Waals surface area contributed by atoms with E-state index in [0.717, 1.165) is 41.2 Å². The molecule has 1 aliphatic heterocycles. The van der Waals surface area contributed by atoms with Crippen LogP contribution in [0.15, 0.2) is 36.9 Å². The van der Waals surface area contributed by atoms with Crippen LogP contribution in [0.2, 0.25) is 0 Å². The molecule has 1 fully saturated rings. The largest absolute Gasteiger partial charge is 0.494 e. The van der Waals surface area contributed by atoms with Gasteiger partial charge in [-0.1, -0.05) is 18.2 Å². The van der Waals surface area contributed by atoms with E-state index in [1.54, 1.807) is 0 Å². The van der Waals surface area contributed by atoms with E-state index in [9.17, 15) is 0 Å². The Labute approximate surface area is 157 Å². The summed E-state index contributed by atoms with van der Waals surface area (Å²) in [6.45, 7) is 16.3. The normalized spacial score (nSPS) is 18.3. The van der Waals surface area contributed by atoms with Crippen LogP contribution in [0.1, 0.15) is 51.3 Å². The van der Waals surface area contributed by atoms with Crippen LogP contribution in [0.4, 0.5) is 0 Å². The van der Waals surface area contributed by atoms with Crippen molar-refractivity contribution in [3.63, 3.8) is 0 Å². The van der Waals surface area contributed by atoms with Crippen molar-refractivity contribution in [2.45, 2.75) is 65.6 Å². The Hall–Kier alpha value is -1.85. The van der Waals surface area contributed by atoms with E-state index < -0.39 is 0 Å². The van der Waals surface area contributed by atoms with Crippen LogP contribution in [0.3, 0.4) is 0 Å². The summed E-state index contributed by atoms with van der Waals surface area (Å²) in [6.07, 6.45) is 3.72. The van der Waals surface area contributed by atoms with Gasteiger partial charge in [0.05, 0.1) is 16.9 Å². The number of hydrogen-bond acceptors (Lipinski definition) is 3. The molecule has 26 heavy (non-hydrogen) atoms. The second-order valence-electron chi connectivity index (χ2n) is 8.04. The fraction of sp³-hybridized carbons (Fsp3) is 0.476. The van der Waals surface area contributed by atoms with E-state index in [-0.39, 0.29) is 18.3 Å². The highest BCUT2D eigenvalue weighted by molar-refractivity contribution is 6.62. The molecule has 138 valence electrons. The molecule has 2 heterocycles. The molecule has 5 heteroatoms. The minimum Gasteiger partial charge on any atom is -0.399 e. The molecule has 3 rings (SSSR count). The molecular weight excluding hydrogens is 323 g/mol. The first-order valence-corrected chi connectivity index (χ1v) is 9.28. The first-order chi connectivity index (χ1) is 12.2. The smallest absolute Gasteiger partial charge is 0.399 e. The fourth-order valence-electron chi connectivity index (χ4n) is 3.21. The third-order valence-corrected chi connectivity index (χ3v) is 5.64. The van der Waals surface area contributed by atoms with Gasteiger partial charge in [-0.15, -0.1) is 6.58 Å². The zero-order valence-corrected chi connectivity index (χ0v) is 16.8. The lowest BCUT2D eigenvalue weighted by Gasteiger charge is -2.32. The van der Waals surface area contributed by atoms with Gasteiger partial charge in [0.15, 0.2) is 0 Å². The maximum atomic E-state index is 6.21. The number of rotatable bonds is 5. The first kappa shape index (κ1) is 18.9. The number of imidazole rings is 1. The van der Waals surface area contributed by atoms with Gasteiger partial charge in [-0.05, 0) is 65.6 Å². The van der Waals surface area contributed by atoms with Crippen molar-refractivity contribution in [2.24, 2.45) is 0 Å². The maximum absolute atomic E-state index is 6.21. The van der Waals surface area contributed by atoms with Gasteiger partial charge in [0.2, 0.25) is 0 Å². The molecule has 0 unspecified atom stereocenters. The summed E-state index contributed by atoms with van der Waals surface area (Å²) in [4.78, 5) is 4.75. The van der Waals surface area contributed by atoms with E-state index in [1.165, 1.54) is 0 Å². The Balaban J connectivity index is 1.98. The number of benzene rings is 1. The molecule has 0 N–H and O–H groups in total. The van der Waals surface area contributed by atoms with Gasteiger partial charge in [0, 0.05) is 17.8 Å². The van der Waals surface area contributed by atoms with E-state index in [2.05, 4.69) is 77.0 Å². The maximum Gasteiger partial charge on any atom is 0.494 e. The monoisotopic (exact) mass is 352 g/mol. The number of hydrogen-bond donors (Lipinski definition) is 0. The molecule has 0 spiro atoms. The third-order valence-electron chi connectivity index (χ3n) is 5.64. The van der Waals surface area contributed by atoms with Crippen LogP contribution < -0.4 is 5.46 Å². The molecule has 0 radical (unpaired) electrons. The van der Waals surface area contributed by atoms with Crippen molar-refractivity contribution in [1.29, 1.82) is 0 Å². The minimum absolute atomic E-state index is 0.343. The zero-order chi connectivity index (χ0) is 19.1. The second kappa shape index (κ2) is 6.71. The van der Waals surface area contributed by atoms with E-state index in [0.29, 0.717) is 0 Å². The number of nitrogens with zero attached hydrogens (tertiary/aromatic N) is 2. The highest BCUT2D eigenvalue weighted by atomic mass is 16.7. The summed E-state index contributed by atoms with van der Waals surface area (Å²) in [5.74, 6) is 1.06. The van der Waals surface area contributed by atoms with Crippen molar-refractivity contribution in [3.8, 4) is 5.69 Å². The Bertz CT molecular complexity index is 807. The number of allylic oxidation sites excluding steroid dienone is 1. The summed E-state index contributed by atoms with van der Waals surface area (Å²) in [7, 11) is -0.360. The quantitative estimate of drug-likeness (QED) is 0.605. The lowest BCUT2D eigenvalue weighted by Crippen LogP contribution is -2.41. The molecule has 1 aromatic carbocycles. The van der Waals surface area contributed by atoms with Crippen LogP contribution >= 0.6 is 0 Å². The minimum atomic E-state index is -0.360. The predicted molar refractivity (Wildman–Crippen MR) is 107 cm³/mol. The molecule has 0 bridgehead atoms. The van der Waals surface area contributed by atoms with Crippen LogP contribution in [0.25, 0.3) is 5.69 Å². The van der Waals surface area contributed by atoms with Crippen molar-refractivity contribution < 1.29 is 9.31 Å². The van der Waals surface area contributed by atoms with Crippen LogP contribution in [0, 0.1) is 13.8 Å². The van der Waals surface area contributed by atoms with Gasteiger partial charge in [-0.25, -0.2) is 4.98 Å². The third kappa shape index (κ3) is 3.26. The van der Waals surface area contributed by atoms with Crippen molar-refractivity contribution >= 4 is 12.6 Å². The first-order valence-electron chi connectivity index (χ1n) is 9.28. The number of aromatic nitrogens is 2. The summed E-state index contributed by atoms with van der Waals surface area (Å²) < 4.78 is 14.7. The van der Waals surface area contributed by atoms with Crippen LogP contribution in [0.5, 0.6) is 0 Å². The van der Waals surface area contributed by atoms with Gasteiger partial charge >= 0.3 is 7.12 Å². The summed E-state index contributed by atoms with van der Waals surface area (Å²) in [5, 5.41) is 0. The van der Waals surface area contributed by atoms with E-state index in [4.69, 9.17) is 14.3 Å². The van der Waals surface area contributed by atoms with Gasteiger partial charge in [0.25, 0.3) is 0 Å². The highest BCUT2D eigenvalue weighted by Gasteiger charge is 2.51. The average Bonchev–Trinajstić information content (AvgIpc) is 2.98. The summed E-state index contributed by atoms with van der Waals surface area (Å²) in [5.41, 5.74) is 3.66. The molecule has 1 aromatic heterocycles. The van der Waals surface area contributed by atoms with Crippen LogP contribution in [-0.2, 0) is 15.7 Å². The highest BCUT2D eigenvalue weighted by Crippen LogP contribution is 2.36. The SMILES string of the molecule is C=CCCc1nc(C)c(C)n1-c1cccc(B2OC(C)(C)C(C)(C)O2)c1. The van der Waals surface area contributed by atoms with Crippen molar-refractivity contribution in [2.75, 3.05) is 0 Å². The average molecular weight is 352 g/mol. The molecule has 0 atom stereocenters. The lowest BCUT2D eigenvalue weighted by molar-refractivity contribution is 0.00578. The Morgan fingerprint density at radius 1 is 1.15 bits per heavy atom. The summed E-state index contributed by atoms with van der Waals surface area (Å²) in [6, 6.07) is 8.38. The lowest BCUT2D eigenvalue weighted by atomic mass is 9.79. The van der Waals surface area contributed by atoms with Gasteiger partial charge in [-0.3, -0.25) is 0 Å².